The molecular formula is C15H23NO2. The fraction of sp³-hybridized carbons (Fsp3) is 0.600. The van der Waals surface area contributed by atoms with Gasteiger partial charge in [-0.3, -0.25) is 4.90 Å². The molecule has 0 aliphatic carbocycles. The van der Waals surface area contributed by atoms with Crippen molar-refractivity contribution < 1.29 is 9.84 Å². The van der Waals surface area contributed by atoms with Gasteiger partial charge in [0.25, 0.3) is 0 Å². The van der Waals surface area contributed by atoms with Gasteiger partial charge < -0.3 is 9.84 Å². The van der Waals surface area contributed by atoms with Gasteiger partial charge in [0, 0.05) is 30.3 Å². The second kappa shape index (κ2) is 5.61. The Morgan fingerprint density at radius 3 is 2.50 bits per heavy atom. The quantitative estimate of drug-likeness (QED) is 0.893. The molecule has 1 fully saturated rings. The van der Waals surface area contributed by atoms with E-state index in [2.05, 4.69) is 18.7 Å². The molecule has 1 saturated heterocycles. The van der Waals surface area contributed by atoms with E-state index < -0.39 is 0 Å². The monoisotopic (exact) mass is 249 g/mol. The Bertz CT molecular complexity index is 395. The Balaban J connectivity index is 2.12. The fourth-order valence-corrected chi connectivity index (χ4v) is 2.79. The zero-order valence-electron chi connectivity index (χ0n) is 11.5. The summed E-state index contributed by atoms with van der Waals surface area (Å²) in [6.45, 7) is 5.37. The van der Waals surface area contributed by atoms with E-state index in [-0.39, 0.29) is 0 Å². The van der Waals surface area contributed by atoms with Crippen molar-refractivity contribution in [1.82, 2.24) is 4.90 Å². The molecule has 0 aromatic heterocycles. The Kier molecular flexibility index (Phi) is 4.12. The molecule has 0 bridgehead atoms. The standard InChI is InChI=1S/C15H23NO2/c1-11-5-4-6-12(2)16(11)10-13-7-8-14(18-3)9-15(13)17/h7-9,11-12,17H,4-6,10H2,1-3H3/t11-,12+. The first kappa shape index (κ1) is 13.2. The lowest BCUT2D eigenvalue weighted by atomic mass is 9.96. The number of phenolic OH excluding ortho intramolecular Hbond substituents is 1. The number of aromatic hydroxyl groups is 1. The molecular weight excluding hydrogens is 226 g/mol. The van der Waals surface area contributed by atoms with Gasteiger partial charge in [-0.05, 0) is 32.8 Å². The molecule has 1 aromatic carbocycles. The highest BCUT2D eigenvalue weighted by Gasteiger charge is 2.25. The van der Waals surface area contributed by atoms with Crippen LogP contribution >= 0.6 is 0 Å². The molecule has 100 valence electrons. The van der Waals surface area contributed by atoms with Gasteiger partial charge in [0.05, 0.1) is 7.11 Å². The summed E-state index contributed by atoms with van der Waals surface area (Å²) in [5.74, 6) is 1.04. The normalized spacial score (nSPS) is 25.1. The lowest BCUT2D eigenvalue weighted by Crippen LogP contribution is -2.42. The maximum Gasteiger partial charge on any atom is 0.123 e. The second-order valence-corrected chi connectivity index (χ2v) is 5.30. The van der Waals surface area contributed by atoms with Crippen LogP contribution in [0.1, 0.15) is 38.7 Å². The summed E-state index contributed by atoms with van der Waals surface area (Å²) in [6, 6.07) is 6.75. The van der Waals surface area contributed by atoms with Crippen LogP contribution in [-0.4, -0.2) is 29.2 Å². The highest BCUT2D eigenvalue weighted by molar-refractivity contribution is 5.39. The summed E-state index contributed by atoms with van der Waals surface area (Å²) in [4.78, 5) is 2.48. The van der Waals surface area contributed by atoms with Crippen molar-refractivity contribution in [3.63, 3.8) is 0 Å². The summed E-state index contributed by atoms with van der Waals surface area (Å²) in [5.41, 5.74) is 0.983. The van der Waals surface area contributed by atoms with Crippen molar-refractivity contribution >= 4 is 0 Å². The number of benzene rings is 1. The summed E-state index contributed by atoms with van der Waals surface area (Å²) in [7, 11) is 1.61. The van der Waals surface area contributed by atoms with Gasteiger partial charge in [0.15, 0.2) is 0 Å². The van der Waals surface area contributed by atoms with Crippen LogP contribution in [0.4, 0.5) is 0 Å². The number of methoxy groups -OCH3 is 1. The Morgan fingerprint density at radius 2 is 1.94 bits per heavy atom. The largest absolute Gasteiger partial charge is 0.507 e. The number of phenols is 1. The van der Waals surface area contributed by atoms with Crippen molar-refractivity contribution in [2.24, 2.45) is 0 Å². The first-order valence-electron chi connectivity index (χ1n) is 6.73. The highest BCUT2D eigenvalue weighted by atomic mass is 16.5. The molecule has 0 saturated carbocycles. The molecule has 1 aliphatic heterocycles. The van der Waals surface area contributed by atoms with Crippen LogP contribution in [0.2, 0.25) is 0 Å². The minimum absolute atomic E-state index is 0.333. The van der Waals surface area contributed by atoms with E-state index in [4.69, 9.17) is 4.74 Å². The maximum atomic E-state index is 10.0. The zero-order chi connectivity index (χ0) is 13.1. The third-order valence-corrected chi connectivity index (χ3v) is 4.02. The van der Waals surface area contributed by atoms with Crippen molar-refractivity contribution in [2.75, 3.05) is 7.11 Å². The third-order valence-electron chi connectivity index (χ3n) is 4.02. The number of nitrogens with zero attached hydrogens (tertiary/aromatic N) is 1. The molecule has 3 nitrogen and oxygen atoms in total. The van der Waals surface area contributed by atoms with Crippen molar-refractivity contribution in [2.45, 2.75) is 51.7 Å². The van der Waals surface area contributed by atoms with E-state index in [1.807, 2.05) is 12.1 Å². The lowest BCUT2D eigenvalue weighted by molar-refractivity contribution is 0.0943. The van der Waals surface area contributed by atoms with Crippen LogP contribution in [0.25, 0.3) is 0 Å². The Labute approximate surface area is 109 Å². The summed E-state index contributed by atoms with van der Waals surface area (Å²) < 4.78 is 5.11. The molecule has 1 aliphatic rings. The average Bonchev–Trinajstić information content (AvgIpc) is 2.35. The molecule has 0 radical (unpaired) electrons. The van der Waals surface area contributed by atoms with Crippen LogP contribution in [0.3, 0.4) is 0 Å². The number of hydrogen-bond donors (Lipinski definition) is 1. The van der Waals surface area contributed by atoms with Gasteiger partial charge >= 0.3 is 0 Å². The summed E-state index contributed by atoms with van der Waals surface area (Å²) in [6.07, 6.45) is 3.82. The Morgan fingerprint density at radius 1 is 1.28 bits per heavy atom. The van der Waals surface area contributed by atoms with E-state index >= 15 is 0 Å². The second-order valence-electron chi connectivity index (χ2n) is 5.30. The third kappa shape index (κ3) is 2.78. The molecule has 1 aromatic rings. The van der Waals surface area contributed by atoms with Gasteiger partial charge in [-0.1, -0.05) is 12.5 Å². The van der Waals surface area contributed by atoms with Gasteiger partial charge in [-0.25, -0.2) is 0 Å². The van der Waals surface area contributed by atoms with Crippen LogP contribution < -0.4 is 4.74 Å². The number of piperidine rings is 1. The van der Waals surface area contributed by atoms with E-state index in [0.29, 0.717) is 23.6 Å². The molecule has 3 heteroatoms. The van der Waals surface area contributed by atoms with E-state index in [9.17, 15) is 5.11 Å². The average molecular weight is 249 g/mol. The first-order valence-corrected chi connectivity index (χ1v) is 6.73. The lowest BCUT2D eigenvalue weighted by Gasteiger charge is -2.39. The van der Waals surface area contributed by atoms with Crippen molar-refractivity contribution in [3.8, 4) is 11.5 Å². The molecule has 1 N–H and O–H groups in total. The smallest absolute Gasteiger partial charge is 0.123 e. The van der Waals surface area contributed by atoms with Crippen LogP contribution in [0.5, 0.6) is 11.5 Å². The van der Waals surface area contributed by atoms with Gasteiger partial charge in [0.2, 0.25) is 0 Å². The molecule has 0 amide bonds. The fourth-order valence-electron chi connectivity index (χ4n) is 2.79. The van der Waals surface area contributed by atoms with Gasteiger partial charge in [0.1, 0.15) is 11.5 Å². The zero-order valence-corrected chi connectivity index (χ0v) is 11.5. The van der Waals surface area contributed by atoms with Gasteiger partial charge in [-0.15, -0.1) is 0 Å². The predicted octanol–water partition coefficient (Wildman–Crippen LogP) is 3.16. The molecule has 0 unspecified atom stereocenters. The number of hydrogen-bond acceptors (Lipinski definition) is 3. The number of likely N-dealkylation sites (tertiary alicyclic amines) is 1. The highest BCUT2D eigenvalue weighted by Crippen LogP contribution is 2.29. The van der Waals surface area contributed by atoms with Crippen molar-refractivity contribution in [3.05, 3.63) is 23.8 Å². The predicted molar refractivity (Wildman–Crippen MR) is 73.0 cm³/mol. The molecule has 2 atom stereocenters. The summed E-state index contributed by atoms with van der Waals surface area (Å²) in [5, 5.41) is 10.0. The molecule has 18 heavy (non-hydrogen) atoms. The molecule has 1 heterocycles. The van der Waals surface area contributed by atoms with Crippen LogP contribution in [-0.2, 0) is 6.54 Å². The molecule has 0 spiro atoms. The summed E-state index contributed by atoms with van der Waals surface area (Å²) >= 11 is 0. The number of ether oxygens (including phenoxy) is 1. The minimum atomic E-state index is 0.333. The van der Waals surface area contributed by atoms with E-state index in [1.165, 1.54) is 19.3 Å². The minimum Gasteiger partial charge on any atom is -0.507 e. The SMILES string of the molecule is COc1ccc(CN2[C@H](C)CCC[C@@H]2C)c(O)c1. The van der Waals surface area contributed by atoms with E-state index in [0.717, 1.165) is 12.1 Å². The van der Waals surface area contributed by atoms with Gasteiger partial charge in [-0.2, -0.15) is 0 Å². The Hall–Kier alpha value is -1.22. The van der Waals surface area contributed by atoms with Crippen LogP contribution in [0.15, 0.2) is 18.2 Å². The first-order chi connectivity index (χ1) is 8.61. The maximum absolute atomic E-state index is 10.0. The van der Waals surface area contributed by atoms with E-state index in [1.54, 1.807) is 13.2 Å². The van der Waals surface area contributed by atoms with Crippen molar-refractivity contribution in [1.29, 1.82) is 0 Å². The number of rotatable bonds is 3. The topological polar surface area (TPSA) is 32.7 Å². The van der Waals surface area contributed by atoms with Crippen LogP contribution in [0, 0.1) is 0 Å². The molecule has 2 rings (SSSR count).